The Bertz CT molecular complexity index is 994. The van der Waals surface area contributed by atoms with E-state index in [1.165, 1.54) is 34.9 Å². The van der Waals surface area contributed by atoms with Crippen LogP contribution < -0.4 is 0 Å². The van der Waals surface area contributed by atoms with E-state index in [4.69, 9.17) is 4.52 Å². The second-order valence-corrected chi connectivity index (χ2v) is 8.25. The lowest BCUT2D eigenvalue weighted by molar-refractivity contribution is -0.137. The number of nitrogens with zero attached hydrogens (tertiary/aromatic N) is 5. The van der Waals surface area contributed by atoms with Gasteiger partial charge in [0.1, 0.15) is 5.76 Å². The molecule has 1 aliphatic rings. The van der Waals surface area contributed by atoms with Crippen LogP contribution in [0.3, 0.4) is 0 Å². The zero-order valence-electron chi connectivity index (χ0n) is 16.5. The van der Waals surface area contributed by atoms with Crippen LogP contribution in [0.25, 0.3) is 5.69 Å². The predicted octanol–water partition coefficient (Wildman–Crippen LogP) is 4.86. The van der Waals surface area contributed by atoms with Crippen molar-refractivity contribution in [3.8, 4) is 5.69 Å². The fourth-order valence-electron chi connectivity index (χ4n) is 3.59. The van der Waals surface area contributed by atoms with Crippen LogP contribution in [0.4, 0.5) is 13.2 Å². The Labute approximate surface area is 176 Å². The van der Waals surface area contributed by atoms with E-state index in [1.807, 2.05) is 0 Å². The van der Waals surface area contributed by atoms with Crippen molar-refractivity contribution in [2.75, 3.05) is 13.1 Å². The van der Waals surface area contributed by atoms with E-state index >= 15 is 0 Å². The van der Waals surface area contributed by atoms with Gasteiger partial charge in [-0.2, -0.15) is 13.2 Å². The lowest BCUT2D eigenvalue weighted by Gasteiger charge is -2.26. The van der Waals surface area contributed by atoms with E-state index < -0.39 is 11.7 Å². The van der Waals surface area contributed by atoms with Gasteiger partial charge in [-0.15, -0.1) is 10.2 Å². The van der Waals surface area contributed by atoms with E-state index in [-0.39, 0.29) is 5.69 Å². The molecular formula is C20H22F3N5OS. The summed E-state index contributed by atoms with van der Waals surface area (Å²) in [5.41, 5.74) is 0.0402. The molecule has 2 aromatic heterocycles. The highest BCUT2D eigenvalue weighted by atomic mass is 32.2. The predicted molar refractivity (Wildman–Crippen MR) is 106 cm³/mol. The Balaban J connectivity index is 1.70. The molecule has 1 fully saturated rings. The monoisotopic (exact) mass is 437 g/mol. The summed E-state index contributed by atoms with van der Waals surface area (Å²) in [6.07, 6.45) is -1.13. The molecule has 3 heterocycles. The number of para-hydroxylation sites is 1. The van der Waals surface area contributed by atoms with Gasteiger partial charge < -0.3 is 4.52 Å². The zero-order valence-corrected chi connectivity index (χ0v) is 17.3. The minimum atomic E-state index is -4.48. The maximum absolute atomic E-state index is 13.7. The average molecular weight is 437 g/mol. The third-order valence-electron chi connectivity index (χ3n) is 4.99. The summed E-state index contributed by atoms with van der Waals surface area (Å²) in [6, 6.07) is 7.36. The summed E-state index contributed by atoms with van der Waals surface area (Å²) in [5.74, 6) is 1.61. The number of aromatic nitrogens is 4. The maximum atomic E-state index is 13.7. The quantitative estimate of drug-likeness (QED) is 0.513. The third-order valence-corrected chi connectivity index (χ3v) is 5.95. The molecule has 0 atom stereocenters. The highest BCUT2D eigenvalue weighted by Gasteiger charge is 2.35. The molecule has 160 valence electrons. The molecule has 0 spiro atoms. The Hall–Kier alpha value is -2.33. The highest BCUT2D eigenvalue weighted by molar-refractivity contribution is 7.98. The molecule has 0 saturated carbocycles. The average Bonchev–Trinajstić information content (AvgIpc) is 3.32. The van der Waals surface area contributed by atoms with Crippen molar-refractivity contribution in [3.05, 3.63) is 53.2 Å². The number of piperidine rings is 1. The van der Waals surface area contributed by atoms with Gasteiger partial charge in [0.2, 0.25) is 0 Å². The third kappa shape index (κ3) is 4.70. The summed E-state index contributed by atoms with van der Waals surface area (Å²) in [7, 11) is 0. The van der Waals surface area contributed by atoms with Gasteiger partial charge in [0.05, 0.1) is 23.5 Å². The fourth-order valence-corrected chi connectivity index (χ4v) is 4.43. The molecular weight excluding hydrogens is 415 g/mol. The summed E-state index contributed by atoms with van der Waals surface area (Å²) in [4.78, 5) is 2.22. The van der Waals surface area contributed by atoms with E-state index in [1.54, 1.807) is 19.1 Å². The van der Waals surface area contributed by atoms with Gasteiger partial charge in [0.15, 0.2) is 11.0 Å². The van der Waals surface area contributed by atoms with Crippen molar-refractivity contribution in [2.24, 2.45) is 0 Å². The fraction of sp³-hybridized carbons (Fsp3) is 0.450. The van der Waals surface area contributed by atoms with Crippen molar-refractivity contribution in [1.29, 1.82) is 0 Å². The highest BCUT2D eigenvalue weighted by Crippen LogP contribution is 2.36. The molecule has 0 amide bonds. The summed E-state index contributed by atoms with van der Waals surface area (Å²) in [5, 5.41) is 12.8. The van der Waals surface area contributed by atoms with Crippen LogP contribution in [0, 0.1) is 6.92 Å². The Morgan fingerprint density at radius 1 is 1.10 bits per heavy atom. The molecule has 1 aliphatic heterocycles. The van der Waals surface area contributed by atoms with Gasteiger partial charge in [-0.3, -0.25) is 9.47 Å². The smallest absolute Gasteiger partial charge is 0.361 e. The number of halogens is 3. The van der Waals surface area contributed by atoms with Crippen LogP contribution in [0.5, 0.6) is 0 Å². The summed E-state index contributed by atoms with van der Waals surface area (Å²) >= 11 is 1.29. The first-order valence-corrected chi connectivity index (χ1v) is 10.8. The molecule has 0 bridgehead atoms. The van der Waals surface area contributed by atoms with E-state index in [0.29, 0.717) is 34.7 Å². The van der Waals surface area contributed by atoms with Crippen LogP contribution in [0.1, 0.15) is 42.1 Å². The van der Waals surface area contributed by atoms with Crippen LogP contribution in [0.2, 0.25) is 0 Å². The molecule has 6 nitrogen and oxygen atoms in total. The van der Waals surface area contributed by atoms with Gasteiger partial charge >= 0.3 is 6.18 Å². The van der Waals surface area contributed by atoms with Crippen molar-refractivity contribution >= 4 is 11.8 Å². The lowest BCUT2D eigenvalue weighted by Crippen LogP contribution is -2.30. The largest absolute Gasteiger partial charge is 0.418 e. The first-order chi connectivity index (χ1) is 14.4. The maximum Gasteiger partial charge on any atom is 0.418 e. The molecule has 1 saturated heterocycles. The summed E-state index contributed by atoms with van der Waals surface area (Å²) < 4.78 is 47.8. The van der Waals surface area contributed by atoms with Crippen molar-refractivity contribution in [1.82, 2.24) is 24.8 Å². The molecule has 0 radical (unpaired) electrons. The minimum absolute atomic E-state index is 0.0424. The standard InChI is InChI=1S/C20H22F3N5OS/c1-14-11-15(26-29-14)13-30-19-25-24-18(12-27-9-5-2-6-10-27)28(19)17-8-4-3-7-16(17)20(21,22)23/h3-4,7-8,11H,2,5-6,9-10,12-13H2,1H3. The van der Waals surface area contributed by atoms with Crippen LogP contribution in [0.15, 0.2) is 40.0 Å². The van der Waals surface area contributed by atoms with Crippen LogP contribution >= 0.6 is 11.8 Å². The normalized spacial score (nSPS) is 15.6. The number of rotatable bonds is 6. The number of hydrogen-bond acceptors (Lipinski definition) is 6. The molecule has 30 heavy (non-hydrogen) atoms. The first kappa shape index (κ1) is 20.9. The SMILES string of the molecule is Cc1cc(CSc2nnc(CN3CCCCC3)n2-c2ccccc2C(F)(F)F)no1. The van der Waals surface area contributed by atoms with Gasteiger partial charge in [-0.05, 0) is 45.0 Å². The number of hydrogen-bond donors (Lipinski definition) is 0. The topological polar surface area (TPSA) is 60.0 Å². The molecule has 10 heteroatoms. The van der Waals surface area contributed by atoms with Crippen molar-refractivity contribution < 1.29 is 17.7 Å². The number of likely N-dealkylation sites (tertiary alicyclic amines) is 1. The number of benzene rings is 1. The molecule has 0 N–H and O–H groups in total. The van der Waals surface area contributed by atoms with Crippen LogP contribution in [-0.4, -0.2) is 37.9 Å². The van der Waals surface area contributed by atoms with Gasteiger partial charge in [-0.1, -0.05) is 35.5 Å². The number of aryl methyl sites for hydroxylation is 1. The molecule has 4 rings (SSSR count). The zero-order chi connectivity index (χ0) is 21.1. The van der Waals surface area contributed by atoms with Gasteiger partial charge in [0, 0.05) is 11.8 Å². The molecule has 1 aromatic carbocycles. The molecule has 0 unspecified atom stereocenters. The first-order valence-electron chi connectivity index (χ1n) is 9.80. The molecule has 3 aromatic rings. The van der Waals surface area contributed by atoms with Gasteiger partial charge in [-0.25, -0.2) is 0 Å². The second kappa shape index (κ2) is 8.81. The Morgan fingerprint density at radius 3 is 2.57 bits per heavy atom. The Kier molecular flexibility index (Phi) is 6.14. The number of alkyl halides is 3. The molecule has 0 aliphatic carbocycles. The van der Waals surface area contributed by atoms with Gasteiger partial charge in [0.25, 0.3) is 0 Å². The summed E-state index contributed by atoms with van der Waals surface area (Å²) in [6.45, 7) is 4.08. The Morgan fingerprint density at radius 2 is 1.87 bits per heavy atom. The van der Waals surface area contributed by atoms with E-state index in [9.17, 15) is 13.2 Å². The van der Waals surface area contributed by atoms with Crippen molar-refractivity contribution in [3.63, 3.8) is 0 Å². The number of thioether (sulfide) groups is 1. The van der Waals surface area contributed by atoms with E-state index in [0.717, 1.165) is 32.0 Å². The van der Waals surface area contributed by atoms with Crippen molar-refractivity contribution in [2.45, 2.75) is 49.8 Å². The minimum Gasteiger partial charge on any atom is -0.361 e. The lowest BCUT2D eigenvalue weighted by atomic mass is 10.1. The van der Waals surface area contributed by atoms with Crippen LogP contribution in [-0.2, 0) is 18.5 Å². The second-order valence-electron chi connectivity index (χ2n) is 7.30. The van der Waals surface area contributed by atoms with E-state index in [2.05, 4.69) is 20.3 Å².